The molecule has 1 fully saturated rings. The van der Waals surface area contributed by atoms with Crippen LogP contribution in [0.15, 0.2) is 36.4 Å². The number of hydrogen-bond donors (Lipinski definition) is 1. The molecule has 1 aliphatic rings. The van der Waals surface area contributed by atoms with Crippen LogP contribution in [0.25, 0.3) is 0 Å². The molecule has 140 valence electrons. The van der Waals surface area contributed by atoms with E-state index in [4.69, 9.17) is 25.8 Å². The van der Waals surface area contributed by atoms with E-state index in [2.05, 4.69) is 5.32 Å². The third-order valence-corrected chi connectivity index (χ3v) is 5.02. The molecule has 1 heterocycles. The zero-order valence-electron chi connectivity index (χ0n) is 15.4. The summed E-state index contributed by atoms with van der Waals surface area (Å²) in [6, 6.07) is 11.9. The number of halogens is 1. The lowest BCUT2D eigenvalue weighted by Gasteiger charge is -2.13. The van der Waals surface area contributed by atoms with Crippen molar-refractivity contribution in [2.24, 2.45) is 0 Å². The van der Waals surface area contributed by atoms with E-state index in [-0.39, 0.29) is 6.10 Å². The van der Waals surface area contributed by atoms with Gasteiger partial charge in [0.2, 0.25) is 0 Å². The second-order valence-electron chi connectivity index (χ2n) is 6.62. The lowest BCUT2D eigenvalue weighted by atomic mass is 10.1. The number of benzene rings is 2. The summed E-state index contributed by atoms with van der Waals surface area (Å²) in [6.07, 6.45) is 2.46. The largest absolute Gasteiger partial charge is 0.492 e. The van der Waals surface area contributed by atoms with Gasteiger partial charge in [-0.15, -0.1) is 0 Å². The van der Waals surface area contributed by atoms with Crippen LogP contribution in [0.2, 0.25) is 5.02 Å². The molecule has 0 spiro atoms. The minimum atomic E-state index is 0.241. The molecular formula is C21H26ClNO3. The summed E-state index contributed by atoms with van der Waals surface area (Å²) in [5.74, 6) is 1.72. The van der Waals surface area contributed by atoms with E-state index in [9.17, 15) is 0 Å². The molecule has 5 heteroatoms. The molecule has 0 radical (unpaired) electrons. The summed E-state index contributed by atoms with van der Waals surface area (Å²) in [5.41, 5.74) is 3.11. The number of nitrogens with one attached hydrogen (secondary N) is 1. The number of rotatable bonds is 8. The fourth-order valence-corrected chi connectivity index (χ4v) is 3.10. The number of hydrogen-bond acceptors (Lipinski definition) is 4. The van der Waals surface area contributed by atoms with E-state index >= 15 is 0 Å². The van der Waals surface area contributed by atoms with Gasteiger partial charge in [-0.1, -0.05) is 11.6 Å². The van der Waals surface area contributed by atoms with Crippen LogP contribution in [0.4, 0.5) is 5.69 Å². The highest BCUT2D eigenvalue weighted by Crippen LogP contribution is 2.25. The van der Waals surface area contributed by atoms with Gasteiger partial charge in [0.15, 0.2) is 0 Å². The molecule has 0 aromatic heterocycles. The lowest BCUT2D eigenvalue weighted by molar-refractivity contribution is 0.0679. The van der Waals surface area contributed by atoms with Gasteiger partial charge < -0.3 is 19.5 Å². The molecule has 26 heavy (non-hydrogen) atoms. The van der Waals surface area contributed by atoms with Crippen LogP contribution in [0.5, 0.6) is 11.5 Å². The normalized spacial score (nSPS) is 16.5. The summed E-state index contributed by atoms with van der Waals surface area (Å²) >= 11 is 6.18. The third kappa shape index (κ3) is 5.29. The van der Waals surface area contributed by atoms with E-state index in [0.717, 1.165) is 59.3 Å². The molecule has 0 aliphatic carbocycles. The van der Waals surface area contributed by atoms with Crippen LogP contribution in [0.1, 0.15) is 24.0 Å². The Labute approximate surface area is 160 Å². The molecule has 3 rings (SSSR count). The zero-order chi connectivity index (χ0) is 18.4. The Bertz CT molecular complexity index is 689. The Morgan fingerprint density at radius 1 is 1.08 bits per heavy atom. The first-order valence-electron chi connectivity index (χ1n) is 9.10. The van der Waals surface area contributed by atoms with Crippen molar-refractivity contribution >= 4 is 17.3 Å². The monoisotopic (exact) mass is 375 g/mol. The molecule has 1 N–H and O–H groups in total. The second kappa shape index (κ2) is 9.15. The van der Waals surface area contributed by atoms with Crippen molar-refractivity contribution in [2.75, 3.05) is 31.7 Å². The molecule has 1 saturated heterocycles. The average Bonchev–Trinajstić information content (AvgIpc) is 3.16. The van der Waals surface area contributed by atoms with Gasteiger partial charge in [-0.25, -0.2) is 0 Å². The quantitative estimate of drug-likeness (QED) is 0.658. The van der Waals surface area contributed by atoms with Crippen LogP contribution in [-0.2, 0) is 4.74 Å². The SMILES string of the molecule is Cc1cc(OCCNc2ccc(OCC3CCCO3)cc2)cc(C)c1Cl. The van der Waals surface area contributed by atoms with Crippen LogP contribution in [-0.4, -0.2) is 32.5 Å². The predicted molar refractivity (Wildman–Crippen MR) is 106 cm³/mol. The average molecular weight is 376 g/mol. The van der Waals surface area contributed by atoms with E-state index in [1.807, 2.05) is 50.2 Å². The van der Waals surface area contributed by atoms with Crippen LogP contribution >= 0.6 is 11.6 Å². The highest BCUT2D eigenvalue weighted by atomic mass is 35.5. The molecule has 1 unspecified atom stereocenters. The Kier molecular flexibility index (Phi) is 6.64. The zero-order valence-corrected chi connectivity index (χ0v) is 16.1. The first kappa shape index (κ1) is 18.9. The van der Waals surface area contributed by atoms with Crippen LogP contribution in [0.3, 0.4) is 0 Å². The standard InChI is InChI=1S/C21H26ClNO3/c1-15-12-20(13-16(2)21(15)22)25-11-9-23-17-5-7-18(8-6-17)26-14-19-4-3-10-24-19/h5-8,12-13,19,23H,3-4,9-11,14H2,1-2H3. The second-order valence-corrected chi connectivity index (χ2v) is 6.99. The molecule has 4 nitrogen and oxygen atoms in total. The van der Waals surface area contributed by atoms with Crippen molar-refractivity contribution in [3.8, 4) is 11.5 Å². The Morgan fingerprint density at radius 3 is 2.46 bits per heavy atom. The molecule has 1 atom stereocenters. The lowest BCUT2D eigenvalue weighted by Crippen LogP contribution is -2.16. The Morgan fingerprint density at radius 2 is 1.81 bits per heavy atom. The maximum Gasteiger partial charge on any atom is 0.120 e. The molecule has 2 aromatic carbocycles. The maximum atomic E-state index is 6.18. The minimum absolute atomic E-state index is 0.241. The van der Waals surface area contributed by atoms with E-state index < -0.39 is 0 Å². The van der Waals surface area contributed by atoms with Gasteiger partial charge >= 0.3 is 0 Å². The smallest absolute Gasteiger partial charge is 0.120 e. The Hall–Kier alpha value is -1.91. The topological polar surface area (TPSA) is 39.7 Å². The number of aryl methyl sites for hydroxylation is 2. The van der Waals surface area contributed by atoms with Gasteiger partial charge in [-0.2, -0.15) is 0 Å². The minimum Gasteiger partial charge on any atom is -0.492 e. The first-order chi connectivity index (χ1) is 12.6. The summed E-state index contributed by atoms with van der Waals surface area (Å²) in [4.78, 5) is 0. The molecule has 2 aromatic rings. The van der Waals surface area contributed by atoms with Crippen molar-refractivity contribution in [3.05, 3.63) is 52.5 Å². The van der Waals surface area contributed by atoms with Gasteiger partial charge in [-0.3, -0.25) is 0 Å². The van der Waals surface area contributed by atoms with Gasteiger partial charge in [-0.05, 0) is 74.2 Å². The van der Waals surface area contributed by atoms with E-state index in [1.54, 1.807) is 0 Å². The molecule has 0 amide bonds. The molecule has 1 aliphatic heterocycles. The third-order valence-electron chi connectivity index (χ3n) is 4.42. The van der Waals surface area contributed by atoms with Crippen molar-refractivity contribution in [1.82, 2.24) is 0 Å². The highest BCUT2D eigenvalue weighted by Gasteiger charge is 2.15. The van der Waals surface area contributed by atoms with Crippen molar-refractivity contribution < 1.29 is 14.2 Å². The van der Waals surface area contributed by atoms with Gasteiger partial charge in [0.05, 0.1) is 6.10 Å². The highest BCUT2D eigenvalue weighted by molar-refractivity contribution is 6.32. The molecular weight excluding hydrogens is 350 g/mol. The maximum absolute atomic E-state index is 6.18. The van der Waals surface area contributed by atoms with Crippen molar-refractivity contribution in [3.63, 3.8) is 0 Å². The summed E-state index contributed by atoms with van der Waals surface area (Å²) < 4.78 is 17.1. The first-order valence-corrected chi connectivity index (χ1v) is 9.47. The number of anilines is 1. The van der Waals surface area contributed by atoms with Crippen LogP contribution in [0, 0.1) is 13.8 Å². The van der Waals surface area contributed by atoms with E-state index in [0.29, 0.717) is 13.2 Å². The molecule has 0 saturated carbocycles. The summed E-state index contributed by atoms with van der Waals surface area (Å²) in [7, 11) is 0. The predicted octanol–water partition coefficient (Wildman–Crippen LogP) is 5.01. The van der Waals surface area contributed by atoms with Crippen molar-refractivity contribution in [2.45, 2.75) is 32.8 Å². The van der Waals surface area contributed by atoms with Crippen molar-refractivity contribution in [1.29, 1.82) is 0 Å². The van der Waals surface area contributed by atoms with Gasteiger partial charge in [0.25, 0.3) is 0 Å². The fourth-order valence-electron chi connectivity index (χ4n) is 2.99. The fraction of sp³-hybridized carbons (Fsp3) is 0.429. The van der Waals surface area contributed by atoms with E-state index in [1.165, 1.54) is 0 Å². The van der Waals surface area contributed by atoms with Crippen LogP contribution < -0.4 is 14.8 Å². The number of ether oxygens (including phenoxy) is 3. The summed E-state index contributed by atoms with van der Waals surface area (Å²) in [6.45, 7) is 6.76. The summed E-state index contributed by atoms with van der Waals surface area (Å²) in [5, 5.41) is 4.15. The van der Waals surface area contributed by atoms with Gasteiger partial charge in [0.1, 0.15) is 24.7 Å². The van der Waals surface area contributed by atoms with Gasteiger partial charge in [0, 0.05) is 23.9 Å². The molecule has 0 bridgehead atoms. The Balaban J connectivity index is 1.39.